The number of aryl methyl sites for hydroxylation is 1. The van der Waals surface area contributed by atoms with Crippen LogP contribution in [0.25, 0.3) is 10.9 Å². The van der Waals surface area contributed by atoms with E-state index in [2.05, 4.69) is 57.1 Å². The smallest absolute Gasteiger partial charge is 0.445 e. The predicted octanol–water partition coefficient (Wildman–Crippen LogP) is 5.48. The van der Waals surface area contributed by atoms with Crippen LogP contribution in [-0.2, 0) is 27.1 Å². The molecule has 1 aromatic heterocycles. The molecule has 9 heteroatoms. The molecule has 2 heterocycles. The molecule has 40 heavy (non-hydrogen) atoms. The lowest BCUT2D eigenvalue weighted by Gasteiger charge is -2.34. The molecule has 0 unspecified atom stereocenters. The second-order valence-corrected chi connectivity index (χ2v) is 12.1. The zero-order chi connectivity index (χ0) is 28.5. The highest BCUT2D eigenvalue weighted by Gasteiger charge is 2.51. The molecule has 8 nitrogen and oxygen atoms in total. The van der Waals surface area contributed by atoms with Crippen molar-refractivity contribution in [3.8, 4) is 0 Å². The summed E-state index contributed by atoms with van der Waals surface area (Å²) in [7, 11) is 1.42. The number of amides is 1. The Bertz CT molecular complexity index is 1330. The molecule has 0 radical (unpaired) electrons. The van der Waals surface area contributed by atoms with E-state index in [9.17, 15) is 4.79 Å². The number of benzene rings is 2. The number of hydrogen-bond acceptors (Lipinski definition) is 7. The van der Waals surface area contributed by atoms with E-state index in [1.807, 2.05) is 43.6 Å². The molecule has 5 rings (SSSR count). The van der Waals surface area contributed by atoms with E-state index in [0.29, 0.717) is 5.95 Å². The van der Waals surface area contributed by atoms with Gasteiger partial charge >= 0.3 is 13.2 Å². The fourth-order valence-electron chi connectivity index (χ4n) is 5.46. The van der Waals surface area contributed by atoms with E-state index in [1.165, 1.54) is 0 Å². The molecular weight excluding hydrogens is 503 g/mol. The van der Waals surface area contributed by atoms with E-state index < -0.39 is 7.12 Å². The summed E-state index contributed by atoms with van der Waals surface area (Å²) in [6.07, 6.45) is 6.14. The van der Waals surface area contributed by atoms with Gasteiger partial charge in [0.25, 0.3) is 0 Å². The number of rotatable bonds is 7. The zero-order valence-corrected chi connectivity index (χ0v) is 24.6. The van der Waals surface area contributed by atoms with Crippen molar-refractivity contribution < 1.29 is 18.8 Å². The highest BCUT2D eigenvalue weighted by atomic mass is 16.7. The number of nitrogens with one attached hydrogen (secondary N) is 1. The Kier molecular flexibility index (Phi) is 8.07. The van der Waals surface area contributed by atoms with Crippen molar-refractivity contribution in [1.29, 1.82) is 0 Å². The van der Waals surface area contributed by atoms with Crippen LogP contribution < -0.4 is 10.8 Å². The summed E-state index contributed by atoms with van der Waals surface area (Å²) in [4.78, 5) is 23.9. The molecule has 2 fully saturated rings. The average molecular weight is 545 g/mol. The Labute approximate surface area is 238 Å². The quantitative estimate of drug-likeness (QED) is 0.394. The average Bonchev–Trinajstić information content (AvgIpc) is 3.18. The van der Waals surface area contributed by atoms with Crippen LogP contribution in [0.15, 0.2) is 48.7 Å². The van der Waals surface area contributed by atoms with Crippen molar-refractivity contribution in [3.63, 3.8) is 0 Å². The molecule has 1 aliphatic heterocycles. The molecule has 1 amide bonds. The van der Waals surface area contributed by atoms with Crippen LogP contribution in [0.4, 0.5) is 10.7 Å². The SMILES string of the molecule is CCc1cc(B2OC(C)(C)C(C)(C)O2)cc2cnc(NC3CCC(N(C)C(=O)OCc4ccccc4)CC3)nc12. The highest BCUT2D eigenvalue weighted by Crippen LogP contribution is 2.37. The summed E-state index contributed by atoms with van der Waals surface area (Å²) < 4.78 is 18.1. The molecule has 1 aliphatic carbocycles. The molecular formula is C31H41BN4O4. The van der Waals surface area contributed by atoms with Gasteiger partial charge in [-0.3, -0.25) is 0 Å². The van der Waals surface area contributed by atoms with Gasteiger partial charge in [-0.1, -0.05) is 49.4 Å². The van der Waals surface area contributed by atoms with Crippen molar-refractivity contribution in [2.45, 2.75) is 96.6 Å². The summed E-state index contributed by atoms with van der Waals surface area (Å²) in [5.74, 6) is 0.643. The first-order valence-electron chi connectivity index (χ1n) is 14.4. The third-order valence-corrected chi connectivity index (χ3v) is 8.76. The van der Waals surface area contributed by atoms with Gasteiger partial charge in [0.05, 0.1) is 16.7 Å². The van der Waals surface area contributed by atoms with Crippen molar-refractivity contribution in [2.75, 3.05) is 12.4 Å². The number of carbonyl (C=O) groups excluding carboxylic acids is 1. The number of aromatic nitrogens is 2. The maximum atomic E-state index is 12.6. The molecule has 1 saturated carbocycles. The minimum Gasteiger partial charge on any atom is -0.445 e. The van der Waals surface area contributed by atoms with Crippen LogP contribution in [0.5, 0.6) is 0 Å². The second-order valence-electron chi connectivity index (χ2n) is 12.1. The van der Waals surface area contributed by atoms with E-state index in [-0.39, 0.29) is 36.0 Å². The molecule has 1 saturated heterocycles. The van der Waals surface area contributed by atoms with E-state index in [4.69, 9.17) is 19.0 Å². The van der Waals surface area contributed by atoms with Crippen molar-refractivity contribution in [1.82, 2.24) is 14.9 Å². The summed E-state index contributed by atoms with van der Waals surface area (Å²) in [5, 5.41) is 4.53. The van der Waals surface area contributed by atoms with Crippen LogP contribution in [0.2, 0.25) is 0 Å². The van der Waals surface area contributed by atoms with Crippen LogP contribution in [0.3, 0.4) is 0 Å². The number of nitrogens with zero attached hydrogens (tertiary/aromatic N) is 3. The zero-order valence-electron chi connectivity index (χ0n) is 24.6. The van der Waals surface area contributed by atoms with Crippen molar-refractivity contribution >= 4 is 35.5 Å². The third kappa shape index (κ3) is 5.95. The molecule has 0 bridgehead atoms. The minimum absolute atomic E-state index is 0.166. The number of anilines is 1. The lowest BCUT2D eigenvalue weighted by Crippen LogP contribution is -2.41. The van der Waals surface area contributed by atoms with Gasteiger partial charge in [-0.05, 0) is 76.4 Å². The Hall–Kier alpha value is -3.17. The molecule has 2 aliphatic rings. The number of hydrogen-bond donors (Lipinski definition) is 1. The first-order chi connectivity index (χ1) is 19.1. The van der Waals surface area contributed by atoms with Gasteiger partial charge in [-0.25, -0.2) is 14.8 Å². The second kappa shape index (κ2) is 11.4. The first kappa shape index (κ1) is 28.4. The van der Waals surface area contributed by atoms with Gasteiger partial charge < -0.3 is 24.3 Å². The lowest BCUT2D eigenvalue weighted by molar-refractivity contribution is 0.00578. The molecule has 212 valence electrons. The third-order valence-electron chi connectivity index (χ3n) is 8.76. The maximum Gasteiger partial charge on any atom is 0.494 e. The first-order valence-corrected chi connectivity index (χ1v) is 14.4. The Morgan fingerprint density at radius 1 is 1.07 bits per heavy atom. The minimum atomic E-state index is -0.415. The fourth-order valence-corrected chi connectivity index (χ4v) is 5.46. The summed E-state index contributed by atoms with van der Waals surface area (Å²) in [6, 6.07) is 14.4. The largest absolute Gasteiger partial charge is 0.494 e. The van der Waals surface area contributed by atoms with Crippen molar-refractivity contribution in [2.24, 2.45) is 0 Å². The fraction of sp³-hybridized carbons (Fsp3) is 0.516. The molecule has 1 N–H and O–H groups in total. The summed E-state index contributed by atoms with van der Waals surface area (Å²) >= 11 is 0. The number of ether oxygens (including phenoxy) is 1. The highest BCUT2D eigenvalue weighted by molar-refractivity contribution is 6.62. The van der Waals surface area contributed by atoms with E-state index in [1.54, 1.807) is 4.90 Å². The van der Waals surface area contributed by atoms with Gasteiger partial charge in [0.15, 0.2) is 0 Å². The van der Waals surface area contributed by atoms with Crippen LogP contribution in [0.1, 0.15) is 71.4 Å². The van der Waals surface area contributed by atoms with Crippen molar-refractivity contribution in [3.05, 3.63) is 59.8 Å². The summed E-state index contributed by atoms with van der Waals surface area (Å²) in [5.41, 5.74) is 3.31. The van der Waals surface area contributed by atoms with Crippen LogP contribution >= 0.6 is 0 Å². The van der Waals surface area contributed by atoms with E-state index in [0.717, 1.165) is 59.6 Å². The molecule has 3 aromatic rings. The predicted molar refractivity (Wildman–Crippen MR) is 159 cm³/mol. The van der Waals surface area contributed by atoms with E-state index >= 15 is 0 Å². The van der Waals surface area contributed by atoms with Crippen LogP contribution in [-0.4, -0.2) is 58.4 Å². The van der Waals surface area contributed by atoms with Crippen LogP contribution in [0, 0.1) is 0 Å². The van der Waals surface area contributed by atoms with Gasteiger partial charge in [0.1, 0.15) is 6.61 Å². The molecule has 2 aromatic carbocycles. The molecule has 0 atom stereocenters. The van der Waals surface area contributed by atoms with Gasteiger partial charge in [-0.15, -0.1) is 0 Å². The number of fused-ring (bicyclic) bond motifs is 1. The van der Waals surface area contributed by atoms with Gasteiger partial charge in [0.2, 0.25) is 5.95 Å². The normalized spacial score (nSPS) is 21.8. The lowest BCUT2D eigenvalue weighted by atomic mass is 9.77. The van der Waals surface area contributed by atoms with Gasteiger partial charge in [-0.2, -0.15) is 0 Å². The molecule has 0 spiro atoms. The Balaban J connectivity index is 1.19. The standard InChI is InChI=1S/C31H41BN4O4/c1-7-22-17-24(32-39-30(2,3)31(4,5)40-32)18-23-19-33-28(35-27(22)23)34-25-13-15-26(16-14-25)36(6)29(37)38-20-21-11-9-8-10-12-21/h8-12,17-19,25-26H,7,13-16,20H2,1-6H3,(H,33,34,35). The number of carbonyl (C=O) groups is 1. The summed E-state index contributed by atoms with van der Waals surface area (Å²) in [6.45, 7) is 10.7. The Morgan fingerprint density at radius 2 is 1.75 bits per heavy atom. The monoisotopic (exact) mass is 544 g/mol. The topological polar surface area (TPSA) is 85.8 Å². The van der Waals surface area contributed by atoms with Gasteiger partial charge in [0, 0.05) is 30.7 Å². The Morgan fingerprint density at radius 3 is 2.40 bits per heavy atom. The maximum absolute atomic E-state index is 12.6.